The fourth-order valence-corrected chi connectivity index (χ4v) is 3.72. The number of para-hydroxylation sites is 1. The quantitative estimate of drug-likeness (QED) is 0.170. The van der Waals surface area contributed by atoms with Crippen molar-refractivity contribution in [1.29, 1.82) is 0 Å². The summed E-state index contributed by atoms with van der Waals surface area (Å²) in [6.45, 7) is 5.06. The minimum Gasteiger partial charge on any atom is -0.372 e. The van der Waals surface area contributed by atoms with Crippen molar-refractivity contribution in [1.82, 2.24) is 19.8 Å². The van der Waals surface area contributed by atoms with Crippen LogP contribution in [-0.2, 0) is 9.59 Å². The van der Waals surface area contributed by atoms with Crippen molar-refractivity contribution in [3.8, 4) is 0 Å². The minimum absolute atomic E-state index is 0.181. The molecule has 12 heteroatoms. The van der Waals surface area contributed by atoms with Crippen LogP contribution < -0.4 is 20.9 Å². The Bertz CT molecular complexity index is 1410. The fourth-order valence-electron chi connectivity index (χ4n) is 3.58. The van der Waals surface area contributed by atoms with Gasteiger partial charge in [0.2, 0.25) is 11.9 Å². The number of nitrogens with zero attached hydrogens (tertiary/aromatic N) is 5. The summed E-state index contributed by atoms with van der Waals surface area (Å²) in [5.74, 6) is -1.21. The summed E-state index contributed by atoms with van der Waals surface area (Å²) in [6.07, 6.45) is 2.62. The van der Waals surface area contributed by atoms with Crippen LogP contribution in [0, 0.1) is 0 Å². The Labute approximate surface area is 238 Å². The number of rotatable bonds is 12. The third-order valence-corrected chi connectivity index (χ3v) is 6.04. The lowest BCUT2D eigenvalue weighted by Gasteiger charge is -2.25. The molecule has 3 aromatic rings. The number of benzene rings is 2. The van der Waals surface area contributed by atoms with E-state index >= 15 is 0 Å². The van der Waals surface area contributed by atoms with Crippen molar-refractivity contribution in [3.63, 3.8) is 0 Å². The van der Waals surface area contributed by atoms with Crippen LogP contribution in [0.4, 0.5) is 34.5 Å². The summed E-state index contributed by atoms with van der Waals surface area (Å²) in [6, 6.07) is 12.1. The largest absolute Gasteiger partial charge is 0.372 e. The predicted octanol–water partition coefficient (Wildman–Crippen LogP) is 4.01. The number of halogens is 1. The van der Waals surface area contributed by atoms with E-state index in [4.69, 9.17) is 11.6 Å². The molecule has 2 aromatic carbocycles. The number of carbonyl (C=O) groups is 3. The molecule has 0 unspecified atom stereocenters. The first kappa shape index (κ1) is 30.1. The summed E-state index contributed by atoms with van der Waals surface area (Å²) in [5, 5.41) is 9.24. The third kappa shape index (κ3) is 7.78. The molecule has 0 saturated heterocycles. The van der Waals surface area contributed by atoms with Gasteiger partial charge >= 0.3 is 0 Å². The Morgan fingerprint density at radius 1 is 0.975 bits per heavy atom. The van der Waals surface area contributed by atoms with Gasteiger partial charge in [0, 0.05) is 39.9 Å². The van der Waals surface area contributed by atoms with Gasteiger partial charge in [-0.1, -0.05) is 30.3 Å². The number of Topliss-reactive ketones (excluding diaryl/α,β-unsaturated/α-hetero) is 1. The number of hydrogen-bond acceptors (Lipinski definition) is 9. The van der Waals surface area contributed by atoms with Gasteiger partial charge in [-0.25, -0.2) is 4.98 Å². The van der Waals surface area contributed by atoms with Gasteiger partial charge in [0.05, 0.1) is 28.8 Å². The number of anilines is 6. The average Bonchev–Trinajstić information content (AvgIpc) is 2.93. The smallest absolute Gasteiger partial charge is 0.294 e. The first-order chi connectivity index (χ1) is 19.0. The molecule has 0 aliphatic rings. The Balaban J connectivity index is 1.95. The normalized spacial score (nSPS) is 10.6. The van der Waals surface area contributed by atoms with Crippen LogP contribution in [-0.4, -0.2) is 85.7 Å². The van der Waals surface area contributed by atoms with E-state index in [1.807, 2.05) is 27.2 Å². The van der Waals surface area contributed by atoms with E-state index in [1.54, 1.807) is 36.4 Å². The lowest BCUT2D eigenvalue weighted by molar-refractivity contribution is -0.124. The molecular formula is C28H33ClN8O3. The average molecular weight is 565 g/mol. The highest BCUT2D eigenvalue weighted by Gasteiger charge is 2.22. The highest BCUT2D eigenvalue weighted by Crippen LogP contribution is 2.32. The zero-order valence-corrected chi connectivity index (χ0v) is 23.9. The number of aromatic nitrogens is 2. The van der Waals surface area contributed by atoms with Gasteiger partial charge < -0.3 is 30.7 Å². The van der Waals surface area contributed by atoms with Crippen LogP contribution in [0.5, 0.6) is 0 Å². The van der Waals surface area contributed by atoms with Crippen molar-refractivity contribution in [2.24, 2.45) is 0 Å². The number of nitrogens with one attached hydrogen (secondary N) is 3. The van der Waals surface area contributed by atoms with Gasteiger partial charge in [0.1, 0.15) is 5.02 Å². The Hall–Kier alpha value is -4.48. The minimum atomic E-state index is -0.666. The molecule has 0 spiro atoms. The topological polar surface area (TPSA) is 123 Å². The van der Waals surface area contributed by atoms with Crippen LogP contribution in [0.15, 0.2) is 61.3 Å². The van der Waals surface area contributed by atoms with Crippen LogP contribution >= 0.6 is 11.6 Å². The molecule has 0 aliphatic heterocycles. The summed E-state index contributed by atoms with van der Waals surface area (Å²) in [4.78, 5) is 51.2. The fraction of sp³-hybridized carbons (Fsp3) is 0.250. The molecule has 40 heavy (non-hydrogen) atoms. The molecule has 11 nitrogen and oxygen atoms in total. The Morgan fingerprint density at radius 3 is 2.38 bits per heavy atom. The summed E-state index contributed by atoms with van der Waals surface area (Å²) in [5.41, 5.74) is 2.60. The highest BCUT2D eigenvalue weighted by molar-refractivity contribution is 6.43. The summed E-state index contributed by atoms with van der Waals surface area (Å²) >= 11 is 6.40. The van der Waals surface area contributed by atoms with Crippen molar-refractivity contribution >= 4 is 63.7 Å². The predicted molar refractivity (Wildman–Crippen MR) is 160 cm³/mol. The van der Waals surface area contributed by atoms with Crippen molar-refractivity contribution in [2.75, 3.05) is 69.2 Å². The van der Waals surface area contributed by atoms with Gasteiger partial charge in [-0.05, 0) is 50.5 Å². The number of amides is 2. The van der Waals surface area contributed by atoms with E-state index in [0.29, 0.717) is 17.1 Å². The molecule has 3 N–H and O–H groups in total. The highest BCUT2D eigenvalue weighted by atomic mass is 35.5. The SMILES string of the molecule is C=CC(=O)Nc1ccc(N(C)CCN(C)C)c(Nc2ncc(Cl)c(Nc3ccccc3C(=O)C(=O)N(C)C)n2)c1. The number of carbonyl (C=O) groups excluding carboxylic acids is 3. The first-order valence-electron chi connectivity index (χ1n) is 12.3. The number of ketones is 1. The van der Waals surface area contributed by atoms with Crippen molar-refractivity contribution < 1.29 is 14.4 Å². The second-order valence-corrected chi connectivity index (χ2v) is 9.77. The Kier molecular flexibility index (Phi) is 10.2. The molecule has 0 fully saturated rings. The van der Waals surface area contributed by atoms with Gasteiger partial charge in [-0.2, -0.15) is 4.98 Å². The van der Waals surface area contributed by atoms with Gasteiger partial charge in [0.25, 0.3) is 11.7 Å². The second-order valence-electron chi connectivity index (χ2n) is 9.36. The molecule has 2 amide bonds. The molecular weight excluding hydrogens is 532 g/mol. The zero-order chi connectivity index (χ0) is 29.4. The van der Waals surface area contributed by atoms with Crippen LogP contribution in [0.2, 0.25) is 5.02 Å². The van der Waals surface area contributed by atoms with Crippen molar-refractivity contribution in [2.45, 2.75) is 0 Å². The molecule has 0 bridgehead atoms. The van der Waals surface area contributed by atoms with E-state index < -0.39 is 11.7 Å². The molecule has 1 aromatic heterocycles. The molecule has 1 heterocycles. The molecule has 0 atom stereocenters. The summed E-state index contributed by atoms with van der Waals surface area (Å²) in [7, 11) is 8.99. The van der Waals surface area contributed by atoms with Crippen LogP contribution in [0.3, 0.4) is 0 Å². The maximum absolute atomic E-state index is 12.8. The maximum atomic E-state index is 12.8. The van der Waals surface area contributed by atoms with Gasteiger partial charge in [-0.15, -0.1) is 0 Å². The van der Waals surface area contributed by atoms with E-state index in [-0.39, 0.29) is 28.3 Å². The zero-order valence-electron chi connectivity index (χ0n) is 23.2. The molecule has 0 radical (unpaired) electrons. The molecule has 0 saturated carbocycles. The van der Waals surface area contributed by atoms with E-state index in [2.05, 4.69) is 42.3 Å². The molecule has 210 valence electrons. The van der Waals surface area contributed by atoms with E-state index in [0.717, 1.165) is 18.8 Å². The van der Waals surface area contributed by atoms with Gasteiger partial charge in [0.15, 0.2) is 5.82 Å². The number of likely N-dealkylation sites (N-methyl/N-ethyl adjacent to an activating group) is 3. The number of hydrogen-bond donors (Lipinski definition) is 3. The van der Waals surface area contributed by atoms with Crippen LogP contribution in [0.25, 0.3) is 0 Å². The lowest BCUT2D eigenvalue weighted by atomic mass is 10.1. The lowest BCUT2D eigenvalue weighted by Crippen LogP contribution is -2.30. The van der Waals surface area contributed by atoms with Crippen LogP contribution in [0.1, 0.15) is 10.4 Å². The summed E-state index contributed by atoms with van der Waals surface area (Å²) < 4.78 is 0. The van der Waals surface area contributed by atoms with Gasteiger partial charge in [-0.3, -0.25) is 14.4 Å². The second kappa shape index (κ2) is 13.5. The first-order valence-corrected chi connectivity index (χ1v) is 12.7. The molecule has 0 aliphatic carbocycles. The Morgan fingerprint density at radius 2 is 1.70 bits per heavy atom. The maximum Gasteiger partial charge on any atom is 0.294 e. The van der Waals surface area contributed by atoms with E-state index in [1.165, 1.54) is 31.3 Å². The standard InChI is InChI=1S/C28H33ClN8O3/c1-7-24(38)31-18-12-13-23(37(6)15-14-35(2)3)22(16-18)33-28-30-17-20(29)26(34-28)32-21-11-9-8-10-19(21)25(39)27(40)36(4)5/h7-13,16-17H,1,14-15H2,2-6H3,(H,31,38)(H2,30,32,33,34). The monoisotopic (exact) mass is 564 g/mol. The molecule has 3 rings (SSSR count). The van der Waals surface area contributed by atoms with Crippen molar-refractivity contribution in [3.05, 3.63) is 71.9 Å². The van der Waals surface area contributed by atoms with E-state index in [9.17, 15) is 14.4 Å². The third-order valence-electron chi connectivity index (χ3n) is 5.76.